The summed E-state index contributed by atoms with van der Waals surface area (Å²) in [6, 6.07) is 24.9. The summed E-state index contributed by atoms with van der Waals surface area (Å²) in [6.45, 7) is 0.310. The van der Waals surface area contributed by atoms with Crippen LogP contribution in [0.3, 0.4) is 0 Å². The lowest BCUT2D eigenvalue weighted by Crippen LogP contribution is -2.55. The van der Waals surface area contributed by atoms with Gasteiger partial charge in [0.05, 0.1) is 6.07 Å². The summed E-state index contributed by atoms with van der Waals surface area (Å²) in [5, 5.41) is 10.3. The molecule has 1 atom stereocenters. The number of nitriles is 1. The van der Waals surface area contributed by atoms with Crippen molar-refractivity contribution in [1.29, 1.82) is 5.26 Å². The molecule has 3 aromatic rings. The van der Waals surface area contributed by atoms with E-state index in [2.05, 4.69) is 6.07 Å². The molecule has 4 nitrogen and oxygen atoms in total. The molecule has 0 unspecified atom stereocenters. The van der Waals surface area contributed by atoms with E-state index in [0.29, 0.717) is 24.3 Å². The molecule has 0 N–H and O–H groups in total. The molecule has 4 rings (SSSR count). The Bertz CT molecular complexity index is 1060. The lowest BCUT2D eigenvalue weighted by molar-refractivity contribution is 0.0991. The first-order chi connectivity index (χ1) is 14.1. The molecule has 0 spiro atoms. The van der Waals surface area contributed by atoms with Crippen molar-refractivity contribution < 1.29 is 13.9 Å². The summed E-state index contributed by atoms with van der Waals surface area (Å²) in [5.74, 6) is -0.0381. The molecule has 0 saturated heterocycles. The zero-order valence-corrected chi connectivity index (χ0v) is 15.7. The molecule has 0 fully saturated rings. The first-order valence-electron chi connectivity index (χ1n) is 9.41. The first-order valence-corrected chi connectivity index (χ1v) is 9.41. The predicted molar refractivity (Wildman–Crippen MR) is 107 cm³/mol. The predicted octanol–water partition coefficient (Wildman–Crippen LogP) is 4.84. The highest BCUT2D eigenvalue weighted by Gasteiger charge is 2.47. The van der Waals surface area contributed by atoms with Crippen LogP contribution in [0.15, 0.2) is 78.9 Å². The summed E-state index contributed by atoms with van der Waals surface area (Å²) < 4.78 is 19.7. The van der Waals surface area contributed by atoms with Gasteiger partial charge < -0.3 is 4.74 Å². The molecular weight excluding hydrogens is 367 g/mol. The van der Waals surface area contributed by atoms with Gasteiger partial charge in [-0.15, -0.1) is 0 Å². The number of benzene rings is 3. The number of para-hydroxylation sites is 1. The van der Waals surface area contributed by atoms with Gasteiger partial charge in [-0.3, -0.25) is 4.90 Å². The topological polar surface area (TPSA) is 53.3 Å². The summed E-state index contributed by atoms with van der Waals surface area (Å²) in [5.41, 5.74) is 0.902. The van der Waals surface area contributed by atoms with Crippen LogP contribution in [0.1, 0.15) is 16.7 Å². The fourth-order valence-corrected chi connectivity index (χ4v) is 3.85. The van der Waals surface area contributed by atoms with Crippen molar-refractivity contribution in [3.63, 3.8) is 0 Å². The maximum atomic E-state index is 14.1. The fourth-order valence-electron chi connectivity index (χ4n) is 3.85. The van der Waals surface area contributed by atoms with Crippen LogP contribution in [0.25, 0.3) is 0 Å². The Hall–Kier alpha value is -3.65. The van der Waals surface area contributed by atoms with Gasteiger partial charge in [-0.05, 0) is 47.4 Å². The Kier molecular flexibility index (Phi) is 5.01. The lowest BCUT2D eigenvalue weighted by Gasteiger charge is -2.43. The molecule has 144 valence electrons. The number of halogens is 1. The molecule has 0 radical (unpaired) electrons. The van der Waals surface area contributed by atoms with E-state index in [9.17, 15) is 14.4 Å². The Labute approximate surface area is 168 Å². The molecule has 0 saturated carbocycles. The highest BCUT2D eigenvalue weighted by Crippen LogP contribution is 2.39. The van der Waals surface area contributed by atoms with Gasteiger partial charge in [0.15, 0.2) is 5.54 Å². The zero-order chi connectivity index (χ0) is 20.3. The van der Waals surface area contributed by atoms with E-state index in [1.165, 1.54) is 17.0 Å². The second kappa shape index (κ2) is 7.76. The molecule has 0 bridgehead atoms. The van der Waals surface area contributed by atoms with E-state index in [1.54, 1.807) is 30.3 Å². The highest BCUT2D eigenvalue weighted by atomic mass is 19.1. The number of amides is 1. The van der Waals surface area contributed by atoms with Gasteiger partial charge in [0.25, 0.3) is 0 Å². The maximum Gasteiger partial charge on any atom is 0.416 e. The molecule has 3 aromatic carbocycles. The molecule has 1 aliphatic heterocycles. The van der Waals surface area contributed by atoms with Gasteiger partial charge in [-0.1, -0.05) is 54.6 Å². The number of ether oxygens (including phenoxy) is 1. The summed E-state index contributed by atoms with van der Waals surface area (Å²) in [4.78, 5) is 14.5. The average Bonchev–Trinajstić information content (AvgIpc) is 2.75. The van der Waals surface area contributed by atoms with Crippen LogP contribution in [-0.4, -0.2) is 17.5 Å². The van der Waals surface area contributed by atoms with Crippen LogP contribution >= 0.6 is 0 Å². The average molecular weight is 386 g/mol. The van der Waals surface area contributed by atoms with Gasteiger partial charge in [0.1, 0.15) is 11.6 Å². The van der Waals surface area contributed by atoms with Crippen molar-refractivity contribution in [3.8, 4) is 11.8 Å². The summed E-state index contributed by atoms with van der Waals surface area (Å²) in [6.07, 6.45) is 0.145. The number of carbonyl (C=O) groups excluding carboxylic acids is 1. The molecule has 1 amide bonds. The van der Waals surface area contributed by atoms with Crippen LogP contribution < -0.4 is 4.74 Å². The lowest BCUT2D eigenvalue weighted by atomic mass is 9.77. The minimum Gasteiger partial charge on any atom is -0.410 e. The Balaban J connectivity index is 1.79. The van der Waals surface area contributed by atoms with Gasteiger partial charge in [-0.25, -0.2) is 9.18 Å². The minimum absolute atomic E-state index is 0.241. The van der Waals surface area contributed by atoms with Gasteiger partial charge in [0.2, 0.25) is 0 Å². The van der Waals surface area contributed by atoms with Crippen molar-refractivity contribution in [2.24, 2.45) is 0 Å². The van der Waals surface area contributed by atoms with Crippen molar-refractivity contribution >= 4 is 6.09 Å². The van der Waals surface area contributed by atoms with E-state index in [1.807, 2.05) is 36.4 Å². The Morgan fingerprint density at radius 3 is 2.45 bits per heavy atom. The smallest absolute Gasteiger partial charge is 0.410 e. The molecule has 5 heteroatoms. The molecular formula is C24H19FN2O2. The quantitative estimate of drug-likeness (QED) is 0.647. The van der Waals surface area contributed by atoms with E-state index in [0.717, 1.165) is 11.1 Å². The molecule has 0 aromatic heterocycles. The highest BCUT2D eigenvalue weighted by molar-refractivity contribution is 5.74. The van der Waals surface area contributed by atoms with E-state index in [-0.39, 0.29) is 6.42 Å². The normalized spacial score (nSPS) is 17.9. The van der Waals surface area contributed by atoms with Crippen LogP contribution in [0, 0.1) is 17.1 Å². The SMILES string of the molecule is N#C[C@]1(Cc2ccccc2)c2cc(F)ccc2CCN1C(=O)Oc1ccccc1. The number of hydrogen-bond acceptors (Lipinski definition) is 3. The Morgan fingerprint density at radius 1 is 1.07 bits per heavy atom. The van der Waals surface area contributed by atoms with E-state index in [4.69, 9.17) is 4.74 Å². The number of nitrogens with zero attached hydrogens (tertiary/aromatic N) is 2. The number of fused-ring (bicyclic) bond motifs is 1. The van der Waals surface area contributed by atoms with Crippen molar-refractivity contribution in [2.75, 3.05) is 6.54 Å². The monoisotopic (exact) mass is 386 g/mol. The first kappa shape index (κ1) is 18.7. The number of carbonyl (C=O) groups is 1. The standard InChI is InChI=1S/C24H19FN2O2/c25-20-12-11-19-13-14-27(23(28)29-21-9-5-2-6-10-21)24(17-26,22(19)15-20)16-18-7-3-1-4-8-18/h1-12,15H,13-14,16H2/t24-/m1/s1. The van der Waals surface area contributed by atoms with E-state index < -0.39 is 17.4 Å². The second-order valence-electron chi connectivity index (χ2n) is 7.02. The molecule has 0 aliphatic carbocycles. The molecule has 1 aliphatic rings. The van der Waals surface area contributed by atoms with Crippen molar-refractivity contribution in [3.05, 3.63) is 101 Å². The molecule has 1 heterocycles. The Morgan fingerprint density at radius 2 is 1.76 bits per heavy atom. The van der Waals surface area contributed by atoms with Crippen molar-refractivity contribution in [2.45, 2.75) is 18.4 Å². The summed E-state index contributed by atoms with van der Waals surface area (Å²) >= 11 is 0. The number of rotatable bonds is 3. The van der Waals surface area contributed by atoms with Crippen LogP contribution in [0.4, 0.5) is 9.18 Å². The van der Waals surface area contributed by atoms with Gasteiger partial charge >= 0.3 is 6.09 Å². The third kappa shape index (κ3) is 3.57. The zero-order valence-electron chi connectivity index (χ0n) is 15.7. The van der Waals surface area contributed by atoms with Crippen LogP contribution in [0.2, 0.25) is 0 Å². The number of hydrogen-bond donors (Lipinski definition) is 0. The van der Waals surface area contributed by atoms with E-state index >= 15 is 0 Å². The minimum atomic E-state index is -1.36. The second-order valence-corrected chi connectivity index (χ2v) is 7.02. The van der Waals surface area contributed by atoms with Gasteiger partial charge in [0, 0.05) is 13.0 Å². The fraction of sp³-hybridized carbons (Fsp3) is 0.167. The summed E-state index contributed by atoms with van der Waals surface area (Å²) in [7, 11) is 0. The van der Waals surface area contributed by atoms with Crippen LogP contribution in [-0.2, 0) is 18.4 Å². The third-order valence-corrected chi connectivity index (χ3v) is 5.24. The van der Waals surface area contributed by atoms with Gasteiger partial charge in [-0.2, -0.15) is 5.26 Å². The van der Waals surface area contributed by atoms with Crippen molar-refractivity contribution in [1.82, 2.24) is 4.90 Å². The largest absolute Gasteiger partial charge is 0.416 e. The molecule has 29 heavy (non-hydrogen) atoms. The van der Waals surface area contributed by atoms with Crippen LogP contribution in [0.5, 0.6) is 5.75 Å². The maximum absolute atomic E-state index is 14.1. The third-order valence-electron chi connectivity index (χ3n) is 5.24.